The number of rotatable bonds is 7. The second kappa shape index (κ2) is 10.4. The van der Waals surface area contributed by atoms with Crippen LogP contribution in [0, 0.1) is 5.82 Å². The number of carbonyl (C=O) groups is 1. The van der Waals surface area contributed by atoms with Crippen LogP contribution >= 0.6 is 11.6 Å². The fourth-order valence-corrected chi connectivity index (χ4v) is 4.20. The maximum atomic E-state index is 14.5. The summed E-state index contributed by atoms with van der Waals surface area (Å²) < 4.78 is 14.5. The number of aliphatic hydroxyl groups is 1. The smallest absolute Gasteiger partial charge is 0.278 e. The zero-order valence-corrected chi connectivity index (χ0v) is 19.7. The molecule has 176 valence electrons. The van der Waals surface area contributed by atoms with E-state index in [1.54, 1.807) is 0 Å². The van der Waals surface area contributed by atoms with Crippen LogP contribution in [0.5, 0.6) is 0 Å². The molecule has 1 heterocycles. The summed E-state index contributed by atoms with van der Waals surface area (Å²) in [6.07, 6.45) is 1.94. The number of benzene rings is 3. The van der Waals surface area contributed by atoms with Gasteiger partial charge in [-0.05, 0) is 22.8 Å². The standard InChI is InChI=1S/C28H23ClFN3O2/c1-33(26-24(30)17-23(29)18-31-26)27(35)25(19-34)32-28(20-11-5-2-6-12-20,21-13-7-3-8-14-21)22-15-9-4-10-16-22/h2-19,32,34H,1H3/b25-19+. The molecule has 1 aromatic heterocycles. The Bertz CT molecular complexity index is 1240. The second-order valence-electron chi connectivity index (χ2n) is 7.84. The van der Waals surface area contributed by atoms with Gasteiger partial charge in [0.25, 0.3) is 5.91 Å². The number of hydrogen-bond donors (Lipinski definition) is 2. The SMILES string of the molecule is CN(C(=O)/C(=C\O)NC(c1ccccc1)(c1ccccc1)c1ccccc1)c1ncc(Cl)cc1F. The first-order valence-electron chi connectivity index (χ1n) is 10.9. The summed E-state index contributed by atoms with van der Waals surface area (Å²) in [6, 6.07) is 29.9. The molecular formula is C28H23ClFN3O2. The van der Waals surface area contributed by atoms with Crippen LogP contribution in [0.3, 0.4) is 0 Å². The van der Waals surface area contributed by atoms with Gasteiger partial charge in [-0.1, -0.05) is 103 Å². The average molecular weight is 488 g/mol. The number of aliphatic hydroxyl groups excluding tert-OH is 1. The number of pyridine rings is 1. The van der Waals surface area contributed by atoms with Crippen LogP contribution in [-0.4, -0.2) is 23.0 Å². The third kappa shape index (κ3) is 4.74. The van der Waals surface area contributed by atoms with E-state index in [0.717, 1.165) is 27.7 Å². The molecule has 0 aliphatic rings. The lowest BCUT2D eigenvalue weighted by Gasteiger charge is -2.38. The molecule has 0 aliphatic heterocycles. The van der Waals surface area contributed by atoms with Gasteiger partial charge in [-0.25, -0.2) is 9.37 Å². The molecule has 2 N–H and O–H groups in total. The number of likely N-dealkylation sites (N-methyl/N-ethyl adjacent to an activating group) is 1. The summed E-state index contributed by atoms with van der Waals surface area (Å²) in [5.41, 5.74) is 1.30. The van der Waals surface area contributed by atoms with E-state index in [9.17, 15) is 14.3 Å². The molecule has 7 heteroatoms. The second-order valence-corrected chi connectivity index (χ2v) is 8.28. The number of amides is 1. The minimum atomic E-state index is -1.05. The minimum Gasteiger partial charge on any atom is -0.513 e. The molecule has 0 saturated heterocycles. The number of carbonyl (C=O) groups excluding carboxylic acids is 1. The Morgan fingerprint density at radius 2 is 1.40 bits per heavy atom. The quantitative estimate of drug-likeness (QED) is 0.196. The van der Waals surface area contributed by atoms with Crippen LogP contribution in [0.2, 0.25) is 5.02 Å². The summed E-state index contributed by atoms with van der Waals surface area (Å²) in [4.78, 5) is 18.4. The molecule has 0 atom stereocenters. The molecule has 0 saturated carbocycles. The highest BCUT2D eigenvalue weighted by Crippen LogP contribution is 2.38. The van der Waals surface area contributed by atoms with E-state index in [1.807, 2.05) is 91.0 Å². The van der Waals surface area contributed by atoms with Gasteiger partial charge in [-0.15, -0.1) is 0 Å². The third-order valence-corrected chi connectivity index (χ3v) is 5.92. The van der Waals surface area contributed by atoms with Crippen molar-refractivity contribution in [1.82, 2.24) is 10.3 Å². The van der Waals surface area contributed by atoms with Crippen molar-refractivity contribution in [3.05, 3.63) is 143 Å². The summed E-state index contributed by atoms with van der Waals surface area (Å²) in [5, 5.41) is 13.6. The lowest BCUT2D eigenvalue weighted by atomic mass is 9.76. The van der Waals surface area contributed by atoms with Gasteiger partial charge in [0.15, 0.2) is 11.6 Å². The van der Waals surface area contributed by atoms with E-state index < -0.39 is 17.3 Å². The summed E-state index contributed by atoms with van der Waals surface area (Å²) in [7, 11) is 1.38. The Hall–Kier alpha value is -4.16. The monoisotopic (exact) mass is 487 g/mol. The van der Waals surface area contributed by atoms with Crippen molar-refractivity contribution in [3.8, 4) is 0 Å². The van der Waals surface area contributed by atoms with Crippen molar-refractivity contribution in [3.63, 3.8) is 0 Å². The number of nitrogens with zero attached hydrogens (tertiary/aromatic N) is 2. The lowest BCUT2D eigenvalue weighted by Crippen LogP contribution is -2.48. The number of hydrogen-bond acceptors (Lipinski definition) is 4. The maximum Gasteiger partial charge on any atom is 0.278 e. The third-order valence-electron chi connectivity index (χ3n) is 5.71. The molecule has 4 rings (SSSR count). The zero-order chi connectivity index (χ0) is 24.8. The molecule has 4 aromatic rings. The van der Waals surface area contributed by atoms with Gasteiger partial charge in [0, 0.05) is 13.2 Å². The summed E-state index contributed by atoms with van der Waals surface area (Å²) in [5.74, 6) is -1.66. The van der Waals surface area contributed by atoms with Gasteiger partial charge in [0.2, 0.25) is 0 Å². The molecule has 0 spiro atoms. The molecule has 0 bridgehead atoms. The fraction of sp³-hybridized carbons (Fsp3) is 0.0714. The van der Waals surface area contributed by atoms with Gasteiger partial charge in [0.1, 0.15) is 17.5 Å². The molecule has 3 aromatic carbocycles. The Morgan fingerprint density at radius 1 is 0.943 bits per heavy atom. The largest absolute Gasteiger partial charge is 0.513 e. The summed E-state index contributed by atoms with van der Waals surface area (Å²) in [6.45, 7) is 0. The van der Waals surface area contributed by atoms with Crippen LogP contribution in [-0.2, 0) is 10.3 Å². The molecule has 1 amide bonds. The molecular weight excluding hydrogens is 465 g/mol. The topological polar surface area (TPSA) is 65.5 Å². The number of aromatic nitrogens is 1. The van der Waals surface area contributed by atoms with E-state index in [4.69, 9.17) is 11.6 Å². The van der Waals surface area contributed by atoms with Crippen molar-refractivity contribution < 1.29 is 14.3 Å². The van der Waals surface area contributed by atoms with Crippen molar-refractivity contribution in [2.45, 2.75) is 5.54 Å². The summed E-state index contributed by atoms with van der Waals surface area (Å²) >= 11 is 5.81. The molecule has 0 fully saturated rings. The number of nitrogens with one attached hydrogen (secondary N) is 1. The minimum absolute atomic E-state index is 0.111. The molecule has 0 aliphatic carbocycles. The Balaban J connectivity index is 1.86. The molecule has 35 heavy (non-hydrogen) atoms. The van der Waals surface area contributed by atoms with E-state index in [1.165, 1.54) is 13.2 Å². The van der Waals surface area contributed by atoms with Gasteiger partial charge in [-0.2, -0.15) is 0 Å². The molecule has 5 nitrogen and oxygen atoms in total. The van der Waals surface area contributed by atoms with Crippen molar-refractivity contribution in [1.29, 1.82) is 0 Å². The van der Waals surface area contributed by atoms with Crippen molar-refractivity contribution in [2.24, 2.45) is 0 Å². The number of anilines is 1. The normalized spacial score (nSPS) is 11.7. The Labute approximate surface area is 208 Å². The fourth-order valence-electron chi connectivity index (χ4n) is 4.05. The van der Waals surface area contributed by atoms with E-state index in [-0.39, 0.29) is 16.5 Å². The van der Waals surface area contributed by atoms with Crippen LogP contribution in [0.4, 0.5) is 10.2 Å². The Kier molecular flexibility index (Phi) is 7.13. The maximum absolute atomic E-state index is 14.5. The predicted molar refractivity (Wildman–Crippen MR) is 136 cm³/mol. The number of halogens is 2. The predicted octanol–water partition coefficient (Wildman–Crippen LogP) is 5.82. The van der Waals surface area contributed by atoms with Crippen LogP contribution in [0.1, 0.15) is 16.7 Å². The first kappa shape index (κ1) is 24.0. The highest BCUT2D eigenvalue weighted by molar-refractivity contribution is 6.30. The van der Waals surface area contributed by atoms with Crippen LogP contribution < -0.4 is 10.2 Å². The van der Waals surface area contributed by atoms with Gasteiger partial charge < -0.3 is 10.4 Å². The van der Waals surface area contributed by atoms with Crippen molar-refractivity contribution in [2.75, 3.05) is 11.9 Å². The highest BCUT2D eigenvalue weighted by atomic mass is 35.5. The van der Waals surface area contributed by atoms with Gasteiger partial charge >= 0.3 is 0 Å². The van der Waals surface area contributed by atoms with E-state index in [2.05, 4.69) is 10.3 Å². The van der Waals surface area contributed by atoms with Crippen molar-refractivity contribution >= 4 is 23.3 Å². The van der Waals surface area contributed by atoms with E-state index >= 15 is 0 Å². The zero-order valence-electron chi connectivity index (χ0n) is 18.9. The van der Waals surface area contributed by atoms with Crippen LogP contribution in [0.25, 0.3) is 0 Å². The molecule has 0 radical (unpaired) electrons. The van der Waals surface area contributed by atoms with Gasteiger partial charge in [-0.3, -0.25) is 9.69 Å². The lowest BCUT2D eigenvalue weighted by molar-refractivity contribution is -0.115. The highest BCUT2D eigenvalue weighted by Gasteiger charge is 2.38. The van der Waals surface area contributed by atoms with Crippen LogP contribution in [0.15, 0.2) is 115 Å². The van der Waals surface area contributed by atoms with Gasteiger partial charge in [0.05, 0.1) is 5.02 Å². The average Bonchev–Trinajstić information content (AvgIpc) is 2.90. The Morgan fingerprint density at radius 3 is 1.80 bits per heavy atom. The molecule has 0 unspecified atom stereocenters. The van der Waals surface area contributed by atoms with E-state index in [0.29, 0.717) is 6.26 Å². The first-order chi connectivity index (χ1) is 17.0. The first-order valence-corrected chi connectivity index (χ1v) is 11.2.